The Kier molecular flexibility index (Phi) is 6.50. The van der Waals surface area contributed by atoms with Gasteiger partial charge in [-0.25, -0.2) is 18.8 Å². The van der Waals surface area contributed by atoms with Crippen molar-refractivity contribution in [3.63, 3.8) is 0 Å². The number of methoxy groups -OCH3 is 2. The molecular formula is C14H14ClN5O6S. The van der Waals surface area contributed by atoms with Gasteiger partial charge >= 0.3 is 12.0 Å². The van der Waals surface area contributed by atoms with Crippen LogP contribution < -0.4 is 20.1 Å². The van der Waals surface area contributed by atoms with Crippen molar-refractivity contribution in [1.29, 1.82) is 0 Å². The summed E-state index contributed by atoms with van der Waals surface area (Å²) >= 11 is 2.94. The first-order chi connectivity index (χ1) is 12.8. The van der Waals surface area contributed by atoms with E-state index in [9.17, 15) is 18.4 Å². The minimum atomic E-state index is -2.85. The molecule has 0 bridgehead atoms. The van der Waals surface area contributed by atoms with Crippen LogP contribution >= 0.6 is 11.6 Å². The molecule has 4 N–H and O–H groups in total. The fourth-order valence-electron chi connectivity index (χ4n) is 1.97. The van der Waals surface area contributed by atoms with Gasteiger partial charge in [0.05, 0.1) is 25.5 Å². The Balaban J connectivity index is 2.44. The van der Waals surface area contributed by atoms with Crippen LogP contribution in [0.25, 0.3) is 0 Å². The van der Waals surface area contributed by atoms with Gasteiger partial charge in [0, 0.05) is 11.8 Å². The van der Waals surface area contributed by atoms with Crippen LogP contribution in [-0.4, -0.2) is 44.9 Å². The predicted molar refractivity (Wildman–Crippen MR) is 98.1 cm³/mol. The molecule has 1 atom stereocenters. The number of carbonyl (C=O) groups is 2. The molecule has 0 aliphatic rings. The summed E-state index contributed by atoms with van der Waals surface area (Å²) < 4.78 is 31.3. The van der Waals surface area contributed by atoms with E-state index in [0.29, 0.717) is 4.31 Å². The van der Waals surface area contributed by atoms with E-state index < -0.39 is 23.3 Å². The average Bonchev–Trinajstić information content (AvgIpc) is 2.61. The first-order valence-electron chi connectivity index (χ1n) is 7.05. The van der Waals surface area contributed by atoms with Crippen LogP contribution in [0.5, 0.6) is 5.88 Å². The van der Waals surface area contributed by atoms with E-state index in [-0.39, 0.29) is 33.9 Å². The third kappa shape index (κ3) is 4.81. The number of esters is 1. The van der Waals surface area contributed by atoms with Gasteiger partial charge in [-0.05, 0) is 18.2 Å². The number of anilines is 3. The second kappa shape index (κ2) is 8.62. The fourth-order valence-corrected chi connectivity index (χ4v) is 2.66. The lowest BCUT2D eigenvalue weighted by Crippen LogP contribution is -2.37. The molecule has 0 fully saturated rings. The number of halogens is 1. The Labute approximate surface area is 160 Å². The molecular weight excluding hydrogens is 402 g/mol. The lowest BCUT2D eigenvalue weighted by Gasteiger charge is -2.20. The standard InChI is InChI=1S/C14H14ClN5O6S/c1-25-11-6-10(15)17-13(18-11)19-14(22)20(27(23)24)9-4-3-7(16)5-8(9)12(21)26-2/h3-6H,16H2,1-2H3,(H,23,24)(H,17,18,19,22). The number of aromatic nitrogens is 2. The van der Waals surface area contributed by atoms with Gasteiger partial charge in [0.25, 0.3) is 11.3 Å². The molecule has 0 aliphatic carbocycles. The van der Waals surface area contributed by atoms with Crippen molar-refractivity contribution in [3.05, 3.63) is 35.0 Å². The number of ether oxygens (including phenoxy) is 2. The van der Waals surface area contributed by atoms with Crippen LogP contribution in [0.1, 0.15) is 10.4 Å². The highest BCUT2D eigenvalue weighted by Crippen LogP contribution is 2.26. The summed E-state index contributed by atoms with van der Waals surface area (Å²) in [6.45, 7) is 0. The maximum absolute atomic E-state index is 12.5. The Morgan fingerprint density at radius 1 is 1.30 bits per heavy atom. The smallest absolute Gasteiger partial charge is 0.342 e. The van der Waals surface area contributed by atoms with Crippen molar-refractivity contribution in [2.75, 3.05) is 29.6 Å². The molecule has 0 spiro atoms. The molecule has 13 heteroatoms. The van der Waals surface area contributed by atoms with Gasteiger partial charge < -0.3 is 15.2 Å². The van der Waals surface area contributed by atoms with E-state index in [0.717, 1.165) is 7.11 Å². The number of hydrogen-bond acceptors (Lipinski definition) is 8. The quantitative estimate of drug-likeness (QED) is 0.286. The van der Waals surface area contributed by atoms with Crippen molar-refractivity contribution in [1.82, 2.24) is 9.97 Å². The third-order valence-corrected chi connectivity index (χ3v) is 3.95. The normalized spacial score (nSPS) is 11.4. The Morgan fingerprint density at radius 2 is 2.00 bits per heavy atom. The SMILES string of the molecule is COC(=O)c1cc(N)ccc1N(C(=O)Nc1nc(Cl)cc(OC)n1)S(=O)O. The van der Waals surface area contributed by atoms with Gasteiger partial charge in [-0.3, -0.25) is 9.87 Å². The number of urea groups is 1. The summed E-state index contributed by atoms with van der Waals surface area (Å²) in [5, 5.41) is 2.17. The summed E-state index contributed by atoms with van der Waals surface area (Å²) in [4.78, 5) is 32.1. The molecule has 0 saturated carbocycles. The number of amides is 2. The van der Waals surface area contributed by atoms with Gasteiger partial charge in [0.1, 0.15) is 5.15 Å². The minimum absolute atomic E-state index is 0.0310. The molecule has 11 nitrogen and oxygen atoms in total. The Morgan fingerprint density at radius 3 is 2.59 bits per heavy atom. The summed E-state index contributed by atoms with van der Waals surface area (Å²) in [6, 6.07) is 3.94. The number of carbonyl (C=O) groups excluding carboxylic acids is 2. The van der Waals surface area contributed by atoms with Crippen LogP contribution in [0.4, 0.5) is 22.1 Å². The highest BCUT2D eigenvalue weighted by molar-refractivity contribution is 7.81. The van der Waals surface area contributed by atoms with E-state index in [1.807, 2.05) is 0 Å². The molecule has 1 aromatic heterocycles. The number of nitrogens with two attached hydrogens (primary N) is 1. The molecule has 0 aliphatic heterocycles. The zero-order valence-corrected chi connectivity index (χ0v) is 15.6. The molecule has 2 rings (SSSR count). The van der Waals surface area contributed by atoms with E-state index >= 15 is 0 Å². The van der Waals surface area contributed by atoms with Crippen molar-refractivity contribution in [2.45, 2.75) is 0 Å². The maximum atomic E-state index is 12.5. The molecule has 1 unspecified atom stereocenters. The summed E-state index contributed by atoms with van der Waals surface area (Å²) in [5.41, 5.74) is 5.40. The Hall–Kier alpha value is -2.96. The van der Waals surface area contributed by atoms with Crippen molar-refractivity contribution in [2.24, 2.45) is 0 Å². The molecule has 0 saturated heterocycles. The number of nitrogens with zero attached hydrogens (tertiary/aromatic N) is 3. The number of benzene rings is 1. The van der Waals surface area contributed by atoms with Gasteiger partial charge in [0.2, 0.25) is 11.8 Å². The van der Waals surface area contributed by atoms with Crippen molar-refractivity contribution in [3.8, 4) is 5.88 Å². The van der Waals surface area contributed by atoms with E-state index in [4.69, 9.17) is 22.1 Å². The number of hydrogen-bond donors (Lipinski definition) is 3. The molecule has 2 aromatic rings. The summed E-state index contributed by atoms with van der Waals surface area (Å²) in [5.74, 6) is -1.08. The number of nitrogens with one attached hydrogen (secondary N) is 1. The molecule has 0 radical (unpaired) electrons. The topological polar surface area (TPSA) is 157 Å². The van der Waals surface area contributed by atoms with Gasteiger partial charge in [-0.1, -0.05) is 11.6 Å². The zero-order chi connectivity index (χ0) is 20.1. The minimum Gasteiger partial charge on any atom is -0.481 e. The van der Waals surface area contributed by atoms with Crippen molar-refractivity contribution >= 4 is 52.2 Å². The predicted octanol–water partition coefficient (Wildman–Crippen LogP) is 1.68. The third-order valence-electron chi connectivity index (χ3n) is 3.08. The van der Waals surface area contributed by atoms with E-state index in [2.05, 4.69) is 20.0 Å². The van der Waals surface area contributed by atoms with Crippen LogP contribution in [0.15, 0.2) is 24.3 Å². The van der Waals surface area contributed by atoms with Crippen LogP contribution in [0.2, 0.25) is 5.15 Å². The monoisotopic (exact) mass is 415 g/mol. The molecule has 27 heavy (non-hydrogen) atoms. The molecule has 144 valence electrons. The number of rotatable bonds is 5. The van der Waals surface area contributed by atoms with E-state index in [1.165, 1.54) is 31.4 Å². The Bertz CT molecular complexity index is 912. The second-order valence-electron chi connectivity index (χ2n) is 4.78. The van der Waals surface area contributed by atoms with Gasteiger partial charge in [-0.15, -0.1) is 0 Å². The van der Waals surface area contributed by atoms with E-state index in [1.54, 1.807) is 0 Å². The molecule has 2 amide bonds. The van der Waals surface area contributed by atoms with Crippen LogP contribution in [0, 0.1) is 0 Å². The lowest BCUT2D eigenvalue weighted by molar-refractivity contribution is 0.0602. The highest BCUT2D eigenvalue weighted by Gasteiger charge is 2.28. The van der Waals surface area contributed by atoms with Crippen molar-refractivity contribution < 1.29 is 27.8 Å². The summed E-state index contributed by atoms with van der Waals surface area (Å²) in [7, 11) is 2.44. The average molecular weight is 416 g/mol. The molecule has 1 heterocycles. The zero-order valence-electron chi connectivity index (χ0n) is 14.0. The molecule has 1 aromatic carbocycles. The maximum Gasteiger partial charge on any atom is 0.342 e. The number of nitrogen functional groups attached to an aromatic ring is 1. The second-order valence-corrected chi connectivity index (χ2v) is 5.99. The van der Waals surface area contributed by atoms with Gasteiger partial charge in [-0.2, -0.15) is 9.29 Å². The first-order valence-corrected chi connectivity index (χ1v) is 8.49. The summed E-state index contributed by atoms with van der Waals surface area (Å²) in [6.07, 6.45) is 0. The highest BCUT2D eigenvalue weighted by atomic mass is 35.5. The van der Waals surface area contributed by atoms with Crippen LogP contribution in [-0.2, 0) is 16.0 Å². The van der Waals surface area contributed by atoms with Crippen LogP contribution in [0.3, 0.4) is 0 Å². The largest absolute Gasteiger partial charge is 0.481 e. The first kappa shape index (κ1) is 20.4. The van der Waals surface area contributed by atoms with Gasteiger partial charge in [0.15, 0.2) is 0 Å². The fraction of sp³-hybridized carbons (Fsp3) is 0.143. The lowest BCUT2D eigenvalue weighted by atomic mass is 10.1.